The number of ether oxygens (including phenoxy) is 1. The number of fused-ring (bicyclic) bond motifs is 1. The fourth-order valence-corrected chi connectivity index (χ4v) is 4.41. The van der Waals surface area contributed by atoms with Gasteiger partial charge in [0, 0.05) is 18.8 Å². The molecule has 146 valence electrons. The molecule has 6 nitrogen and oxygen atoms in total. The molecule has 0 spiro atoms. The molecule has 3 heterocycles. The second-order valence-corrected chi connectivity index (χ2v) is 8.15. The maximum atomic E-state index is 12.9. The van der Waals surface area contributed by atoms with Crippen LogP contribution in [-0.4, -0.2) is 53.0 Å². The van der Waals surface area contributed by atoms with Gasteiger partial charge in [-0.3, -0.25) is 9.20 Å². The highest BCUT2D eigenvalue weighted by Crippen LogP contribution is 2.27. The number of carbonyl (C=O) groups is 1. The lowest BCUT2D eigenvalue weighted by Crippen LogP contribution is -2.37. The first kappa shape index (κ1) is 18.3. The van der Waals surface area contributed by atoms with Crippen molar-refractivity contribution in [3.8, 4) is 5.75 Å². The number of likely N-dealkylation sites (N-methyl/N-ethyl adjacent to an activating group) is 1. The predicted octanol–water partition coefficient (Wildman–Crippen LogP) is 3.04. The first-order valence-corrected chi connectivity index (χ1v) is 10.2. The van der Waals surface area contributed by atoms with Gasteiger partial charge in [-0.05, 0) is 57.8 Å². The van der Waals surface area contributed by atoms with Gasteiger partial charge in [0.1, 0.15) is 5.69 Å². The number of aromatic nitrogens is 2. The van der Waals surface area contributed by atoms with Crippen molar-refractivity contribution in [2.45, 2.75) is 51.5 Å². The van der Waals surface area contributed by atoms with Gasteiger partial charge in [-0.15, -0.1) is 0 Å². The molecule has 1 aliphatic heterocycles. The molecule has 1 atom stereocenters. The van der Waals surface area contributed by atoms with Gasteiger partial charge in [-0.1, -0.05) is 19.3 Å². The van der Waals surface area contributed by atoms with E-state index in [4.69, 9.17) is 4.74 Å². The topological polar surface area (TPSA) is 58.9 Å². The van der Waals surface area contributed by atoms with Crippen LogP contribution in [0.15, 0.2) is 18.3 Å². The van der Waals surface area contributed by atoms with Gasteiger partial charge < -0.3 is 15.0 Å². The van der Waals surface area contributed by atoms with Gasteiger partial charge in [0.05, 0.1) is 12.3 Å². The Kier molecular flexibility index (Phi) is 5.34. The summed E-state index contributed by atoms with van der Waals surface area (Å²) in [6, 6.07) is 4.10. The number of amides is 1. The number of nitrogens with zero attached hydrogens (tertiary/aromatic N) is 3. The predicted molar refractivity (Wildman–Crippen MR) is 105 cm³/mol. The van der Waals surface area contributed by atoms with Crippen LogP contribution in [0, 0.1) is 12.8 Å². The van der Waals surface area contributed by atoms with Crippen LogP contribution in [0.1, 0.15) is 54.7 Å². The lowest BCUT2D eigenvalue weighted by atomic mass is 9.90. The van der Waals surface area contributed by atoms with Crippen molar-refractivity contribution in [1.82, 2.24) is 19.6 Å². The first-order valence-electron chi connectivity index (χ1n) is 10.2. The first-order chi connectivity index (χ1) is 13.1. The van der Waals surface area contributed by atoms with Crippen LogP contribution in [0.4, 0.5) is 0 Å². The summed E-state index contributed by atoms with van der Waals surface area (Å²) in [7, 11) is 2.08. The summed E-state index contributed by atoms with van der Waals surface area (Å²) in [5, 5.41) is 3.17. The molecule has 4 rings (SSSR count). The second kappa shape index (κ2) is 7.89. The third-order valence-electron chi connectivity index (χ3n) is 5.93. The van der Waals surface area contributed by atoms with Crippen LogP contribution < -0.4 is 10.1 Å². The van der Waals surface area contributed by atoms with E-state index in [1.165, 1.54) is 32.1 Å². The van der Waals surface area contributed by atoms with E-state index in [1.54, 1.807) is 0 Å². The standard InChI is InChI=1S/C21H30N4O2/c1-15-19(21(26)23-17-10-12-24(2)13-17)25-11-6-9-18(20(25)22-15)27-14-16-7-4-3-5-8-16/h6,9,11,16-17H,3-5,7-8,10,12-14H2,1-2H3,(H,23,26)/t17-/m0/s1. The average Bonchev–Trinajstić information content (AvgIpc) is 3.22. The molecule has 1 N–H and O–H groups in total. The number of likely N-dealkylation sites (tertiary alicyclic amines) is 1. The fourth-order valence-electron chi connectivity index (χ4n) is 4.41. The minimum atomic E-state index is -0.0512. The molecular weight excluding hydrogens is 340 g/mol. The number of imidazole rings is 1. The van der Waals surface area contributed by atoms with Crippen molar-refractivity contribution in [3.05, 3.63) is 29.7 Å². The maximum absolute atomic E-state index is 12.9. The summed E-state index contributed by atoms with van der Waals surface area (Å²) in [6.07, 6.45) is 9.36. The van der Waals surface area contributed by atoms with Gasteiger partial charge in [-0.2, -0.15) is 0 Å². The summed E-state index contributed by atoms with van der Waals surface area (Å²) < 4.78 is 8.01. The molecule has 0 bridgehead atoms. The summed E-state index contributed by atoms with van der Waals surface area (Å²) in [6.45, 7) is 4.56. The highest BCUT2D eigenvalue weighted by atomic mass is 16.5. The van der Waals surface area contributed by atoms with E-state index in [9.17, 15) is 4.79 Å². The van der Waals surface area contributed by atoms with E-state index in [-0.39, 0.29) is 11.9 Å². The minimum Gasteiger partial charge on any atom is -0.489 e. The van der Waals surface area contributed by atoms with Crippen LogP contribution >= 0.6 is 0 Å². The molecule has 0 unspecified atom stereocenters. The molecule has 2 aliphatic rings. The molecule has 2 aromatic heterocycles. The van der Waals surface area contributed by atoms with E-state index in [0.29, 0.717) is 11.6 Å². The highest BCUT2D eigenvalue weighted by molar-refractivity contribution is 5.95. The molecule has 1 saturated heterocycles. The summed E-state index contributed by atoms with van der Waals surface area (Å²) in [5.41, 5.74) is 2.09. The largest absolute Gasteiger partial charge is 0.489 e. The Morgan fingerprint density at radius 2 is 2.11 bits per heavy atom. The molecule has 0 aromatic carbocycles. The van der Waals surface area contributed by atoms with E-state index in [0.717, 1.165) is 43.2 Å². The lowest BCUT2D eigenvalue weighted by molar-refractivity contribution is 0.0932. The molecule has 2 aromatic rings. The summed E-state index contributed by atoms with van der Waals surface area (Å²) in [4.78, 5) is 19.8. The molecule has 6 heteroatoms. The Bertz CT molecular complexity index is 810. The Morgan fingerprint density at radius 3 is 2.85 bits per heavy atom. The van der Waals surface area contributed by atoms with Gasteiger partial charge in [0.2, 0.25) is 0 Å². The zero-order valence-corrected chi connectivity index (χ0v) is 16.4. The number of hydrogen-bond donors (Lipinski definition) is 1. The number of aryl methyl sites for hydroxylation is 1. The molecule has 1 aliphatic carbocycles. The molecular formula is C21H30N4O2. The maximum Gasteiger partial charge on any atom is 0.270 e. The van der Waals surface area contributed by atoms with Crippen LogP contribution in [0.25, 0.3) is 5.65 Å². The van der Waals surface area contributed by atoms with Gasteiger partial charge >= 0.3 is 0 Å². The van der Waals surface area contributed by atoms with Crippen LogP contribution in [0.2, 0.25) is 0 Å². The second-order valence-electron chi connectivity index (χ2n) is 8.15. The number of rotatable bonds is 5. The van der Waals surface area contributed by atoms with Gasteiger partial charge in [0.15, 0.2) is 11.4 Å². The zero-order valence-electron chi connectivity index (χ0n) is 16.4. The van der Waals surface area contributed by atoms with Crippen LogP contribution in [-0.2, 0) is 0 Å². The van der Waals surface area contributed by atoms with Crippen molar-refractivity contribution in [1.29, 1.82) is 0 Å². The number of carbonyl (C=O) groups excluding carboxylic acids is 1. The lowest BCUT2D eigenvalue weighted by Gasteiger charge is -2.21. The molecule has 2 fully saturated rings. The summed E-state index contributed by atoms with van der Waals surface area (Å²) in [5.74, 6) is 1.35. The van der Waals surface area contributed by atoms with Crippen molar-refractivity contribution in [2.75, 3.05) is 26.7 Å². The van der Waals surface area contributed by atoms with Gasteiger partial charge in [0.25, 0.3) is 5.91 Å². The van der Waals surface area contributed by atoms with Crippen molar-refractivity contribution in [3.63, 3.8) is 0 Å². The van der Waals surface area contributed by atoms with E-state index in [2.05, 4.69) is 22.2 Å². The van der Waals surface area contributed by atoms with Crippen molar-refractivity contribution >= 4 is 11.6 Å². The van der Waals surface area contributed by atoms with Crippen molar-refractivity contribution in [2.24, 2.45) is 5.92 Å². The van der Waals surface area contributed by atoms with E-state index in [1.807, 2.05) is 29.7 Å². The SMILES string of the molecule is Cc1nc2c(OCC3CCCCC3)cccn2c1C(=O)N[C@H]1CCN(C)C1. The number of nitrogens with one attached hydrogen (secondary N) is 1. The zero-order chi connectivity index (χ0) is 18.8. The monoisotopic (exact) mass is 370 g/mol. The smallest absolute Gasteiger partial charge is 0.270 e. The molecule has 27 heavy (non-hydrogen) atoms. The van der Waals surface area contributed by atoms with E-state index < -0.39 is 0 Å². The number of pyridine rings is 1. The van der Waals surface area contributed by atoms with Crippen LogP contribution in [0.3, 0.4) is 0 Å². The van der Waals surface area contributed by atoms with Gasteiger partial charge in [-0.25, -0.2) is 4.98 Å². The third-order valence-corrected chi connectivity index (χ3v) is 5.93. The third kappa shape index (κ3) is 3.95. The minimum absolute atomic E-state index is 0.0512. The molecule has 0 radical (unpaired) electrons. The average molecular weight is 370 g/mol. The number of hydrogen-bond acceptors (Lipinski definition) is 4. The van der Waals surface area contributed by atoms with E-state index >= 15 is 0 Å². The van der Waals surface area contributed by atoms with Crippen molar-refractivity contribution < 1.29 is 9.53 Å². The quantitative estimate of drug-likeness (QED) is 0.879. The highest BCUT2D eigenvalue weighted by Gasteiger charge is 2.25. The fraction of sp³-hybridized carbons (Fsp3) is 0.619. The Morgan fingerprint density at radius 1 is 1.30 bits per heavy atom. The molecule has 1 saturated carbocycles. The summed E-state index contributed by atoms with van der Waals surface area (Å²) >= 11 is 0. The Labute approximate surface area is 160 Å². The molecule has 1 amide bonds. The van der Waals surface area contributed by atoms with Crippen LogP contribution in [0.5, 0.6) is 5.75 Å². The Balaban J connectivity index is 1.52. The normalized spacial score (nSPS) is 21.6. The Hall–Kier alpha value is -2.08.